The van der Waals surface area contributed by atoms with Crippen LogP contribution in [-0.2, 0) is 0 Å². The van der Waals surface area contributed by atoms with Gasteiger partial charge in [0.05, 0.1) is 0 Å². The van der Waals surface area contributed by atoms with E-state index in [1.807, 2.05) is 19.1 Å². The van der Waals surface area contributed by atoms with Crippen LogP contribution < -0.4 is 10.6 Å². The van der Waals surface area contributed by atoms with Gasteiger partial charge in [0.2, 0.25) is 0 Å². The van der Waals surface area contributed by atoms with Crippen molar-refractivity contribution in [2.75, 3.05) is 25.5 Å². The van der Waals surface area contributed by atoms with Crippen molar-refractivity contribution in [1.82, 2.24) is 20.2 Å². The Morgan fingerprint density at radius 2 is 2.10 bits per heavy atom. The molecule has 4 aliphatic rings. The molecule has 5 rings (SSSR count). The van der Waals surface area contributed by atoms with Gasteiger partial charge in [-0.25, -0.2) is 15.0 Å². The Kier molecular flexibility index (Phi) is 6.52. The van der Waals surface area contributed by atoms with E-state index >= 15 is 0 Å². The lowest BCUT2D eigenvalue weighted by atomic mass is 9.70. The van der Waals surface area contributed by atoms with Crippen molar-refractivity contribution < 1.29 is 0 Å². The molecule has 1 aromatic heterocycles. The quantitative estimate of drug-likeness (QED) is 0.491. The molecule has 162 valence electrons. The molecular weight excluding hydrogens is 372 g/mol. The molecule has 0 spiro atoms. The molecule has 0 aromatic carbocycles. The lowest BCUT2D eigenvalue weighted by Gasteiger charge is -2.36. The number of hydrogen-bond acceptors (Lipinski definition) is 5. The summed E-state index contributed by atoms with van der Waals surface area (Å²) in [4.78, 5) is 16.6. The van der Waals surface area contributed by atoms with Crippen molar-refractivity contribution in [2.45, 2.75) is 70.8 Å². The molecular formula is C24H36N6. The van der Waals surface area contributed by atoms with Gasteiger partial charge in [-0.3, -0.25) is 0 Å². The van der Waals surface area contributed by atoms with Crippen molar-refractivity contribution in [3.63, 3.8) is 0 Å². The van der Waals surface area contributed by atoms with Gasteiger partial charge in [0.15, 0.2) is 0 Å². The number of nitrogens with one attached hydrogen (secondary N) is 2. The predicted molar refractivity (Wildman–Crippen MR) is 124 cm³/mol. The number of nitrogens with zero attached hydrogens (tertiary/aromatic N) is 4. The zero-order valence-corrected chi connectivity index (χ0v) is 18.7. The molecule has 2 saturated heterocycles. The minimum atomic E-state index is 0.429. The number of allylic oxidation sites excluding steroid dienone is 2. The number of rotatable bonds is 8. The monoisotopic (exact) mass is 408 g/mol. The molecule has 3 heterocycles. The van der Waals surface area contributed by atoms with Crippen molar-refractivity contribution in [3.05, 3.63) is 42.1 Å². The fourth-order valence-corrected chi connectivity index (χ4v) is 5.44. The highest BCUT2D eigenvalue weighted by atomic mass is 15.3. The first kappa shape index (κ1) is 21.0. The summed E-state index contributed by atoms with van der Waals surface area (Å²) in [7, 11) is 2.06. The van der Waals surface area contributed by atoms with Crippen molar-refractivity contribution >= 4 is 11.7 Å². The van der Waals surface area contributed by atoms with Crippen LogP contribution in [-0.4, -0.2) is 46.9 Å². The van der Waals surface area contributed by atoms with Gasteiger partial charge in [-0.1, -0.05) is 25.8 Å². The normalized spacial score (nSPS) is 27.2. The van der Waals surface area contributed by atoms with E-state index in [1.54, 1.807) is 6.33 Å². The summed E-state index contributed by atoms with van der Waals surface area (Å²) in [6.07, 6.45) is 16.6. The summed E-state index contributed by atoms with van der Waals surface area (Å²) < 4.78 is 0. The minimum absolute atomic E-state index is 0.429. The van der Waals surface area contributed by atoms with Gasteiger partial charge >= 0.3 is 0 Å². The summed E-state index contributed by atoms with van der Waals surface area (Å²) in [6, 6.07) is 2.73. The first-order valence-electron chi connectivity index (χ1n) is 11.6. The number of amidine groups is 1. The summed E-state index contributed by atoms with van der Waals surface area (Å²) in [5, 5.41) is 6.83. The largest absolute Gasteiger partial charge is 0.353 e. The zero-order valence-electron chi connectivity index (χ0n) is 18.7. The molecule has 2 saturated carbocycles. The molecule has 2 N–H and O–H groups in total. The van der Waals surface area contributed by atoms with Crippen LogP contribution in [0.15, 0.2) is 41.4 Å². The molecule has 6 heteroatoms. The fraction of sp³-hybridized carbons (Fsp3) is 0.625. The third-order valence-electron chi connectivity index (χ3n) is 6.79. The SMILES string of the molecule is C\C=C/C(=N/C(=C/CC)N1CC2(CNC)CC1C2)Nc1cc(C2CCCC2)ncn1. The van der Waals surface area contributed by atoms with Crippen LogP contribution in [0.5, 0.6) is 0 Å². The highest BCUT2D eigenvalue weighted by Gasteiger charge is 2.55. The number of aliphatic imine (C=N–C) groups is 1. The maximum absolute atomic E-state index is 5.05. The van der Waals surface area contributed by atoms with Gasteiger partial charge in [0.1, 0.15) is 23.8 Å². The molecule has 0 amide bonds. The van der Waals surface area contributed by atoms with Crippen LogP contribution in [0, 0.1) is 5.41 Å². The van der Waals surface area contributed by atoms with E-state index in [2.05, 4.69) is 51.6 Å². The van der Waals surface area contributed by atoms with E-state index in [9.17, 15) is 0 Å². The van der Waals surface area contributed by atoms with Gasteiger partial charge in [0.25, 0.3) is 0 Å². The highest BCUT2D eigenvalue weighted by molar-refractivity contribution is 6.03. The summed E-state index contributed by atoms with van der Waals surface area (Å²) in [5.41, 5.74) is 1.59. The molecule has 0 unspecified atom stereocenters. The van der Waals surface area contributed by atoms with Crippen LogP contribution in [0.4, 0.5) is 5.82 Å². The average molecular weight is 409 g/mol. The van der Waals surface area contributed by atoms with Gasteiger partial charge in [-0.2, -0.15) is 0 Å². The van der Waals surface area contributed by atoms with Gasteiger partial charge < -0.3 is 15.5 Å². The third-order valence-corrected chi connectivity index (χ3v) is 6.79. The van der Waals surface area contributed by atoms with Crippen LogP contribution in [0.25, 0.3) is 0 Å². The molecule has 2 bridgehead atoms. The Balaban J connectivity index is 1.53. The molecule has 0 radical (unpaired) electrons. The number of anilines is 1. The Morgan fingerprint density at radius 3 is 2.80 bits per heavy atom. The highest BCUT2D eigenvalue weighted by Crippen LogP contribution is 2.52. The molecule has 4 fully saturated rings. The van der Waals surface area contributed by atoms with Crippen molar-refractivity contribution in [1.29, 1.82) is 0 Å². The number of fused-ring (bicyclic) bond motifs is 1. The Bertz CT molecular complexity index is 815. The van der Waals surface area contributed by atoms with Crippen LogP contribution >= 0.6 is 0 Å². The topological polar surface area (TPSA) is 65.4 Å². The second-order valence-corrected chi connectivity index (χ2v) is 9.12. The van der Waals surface area contributed by atoms with Crippen molar-refractivity contribution in [2.24, 2.45) is 10.4 Å². The second-order valence-electron chi connectivity index (χ2n) is 9.12. The van der Waals surface area contributed by atoms with Crippen LogP contribution in [0.1, 0.15) is 70.4 Å². The third kappa shape index (κ3) is 4.43. The maximum Gasteiger partial charge on any atom is 0.135 e. The standard InChI is InChI=1S/C24H36N6/c1-4-8-21(28-22-12-20(26-17-27-22)18-10-6-7-11-18)29-23(9-5-2)30-16-24(15-25-3)13-19(30)14-24/h4,8-9,12,17-19,25H,5-7,10-11,13-16H2,1-3H3,(H,26,27,28,29)/b8-4-,23-9-. The second kappa shape index (κ2) is 9.29. The molecule has 0 atom stereocenters. The van der Waals surface area contributed by atoms with E-state index in [-0.39, 0.29) is 0 Å². The van der Waals surface area contributed by atoms with E-state index in [0.717, 1.165) is 42.7 Å². The zero-order chi connectivity index (χ0) is 21.0. The fourth-order valence-electron chi connectivity index (χ4n) is 5.44. The first-order valence-corrected chi connectivity index (χ1v) is 11.6. The molecule has 6 nitrogen and oxygen atoms in total. The summed E-state index contributed by atoms with van der Waals surface area (Å²) in [6.45, 7) is 6.39. The first-order chi connectivity index (χ1) is 14.7. The molecule has 2 aliphatic heterocycles. The Morgan fingerprint density at radius 1 is 1.30 bits per heavy atom. The number of aromatic nitrogens is 2. The van der Waals surface area contributed by atoms with Gasteiger partial charge in [-0.05, 0) is 58.2 Å². The average Bonchev–Trinajstić information content (AvgIpc) is 3.43. The van der Waals surface area contributed by atoms with E-state index in [0.29, 0.717) is 17.4 Å². The van der Waals surface area contributed by atoms with E-state index < -0.39 is 0 Å². The van der Waals surface area contributed by atoms with Gasteiger partial charge in [-0.15, -0.1) is 0 Å². The Hall–Kier alpha value is -2.21. The minimum Gasteiger partial charge on any atom is -0.353 e. The van der Waals surface area contributed by atoms with Crippen LogP contribution in [0.3, 0.4) is 0 Å². The van der Waals surface area contributed by atoms with E-state index in [1.165, 1.54) is 38.5 Å². The lowest BCUT2D eigenvalue weighted by molar-refractivity contribution is 0.183. The van der Waals surface area contributed by atoms with Crippen molar-refractivity contribution in [3.8, 4) is 0 Å². The maximum atomic E-state index is 5.05. The molecule has 30 heavy (non-hydrogen) atoms. The Labute approximate surface area is 181 Å². The van der Waals surface area contributed by atoms with Gasteiger partial charge in [0, 0.05) is 42.2 Å². The smallest absolute Gasteiger partial charge is 0.135 e. The lowest BCUT2D eigenvalue weighted by Crippen LogP contribution is -2.41. The van der Waals surface area contributed by atoms with E-state index in [4.69, 9.17) is 4.99 Å². The summed E-state index contributed by atoms with van der Waals surface area (Å²) >= 11 is 0. The summed E-state index contributed by atoms with van der Waals surface area (Å²) in [5.74, 6) is 3.33. The molecule has 2 aliphatic carbocycles. The molecule has 1 aromatic rings. The van der Waals surface area contributed by atoms with Crippen LogP contribution in [0.2, 0.25) is 0 Å². The predicted octanol–water partition coefficient (Wildman–Crippen LogP) is 4.46. The number of hydrogen-bond donors (Lipinski definition) is 2.